The van der Waals surface area contributed by atoms with Gasteiger partial charge in [0.2, 0.25) is 5.88 Å². The number of halogens is 2. The number of hydrogen-bond acceptors (Lipinski definition) is 6. The fourth-order valence-electron chi connectivity index (χ4n) is 2.87. The molecule has 0 radical (unpaired) electrons. The van der Waals surface area contributed by atoms with Crippen LogP contribution >= 0.6 is 0 Å². The second kappa shape index (κ2) is 8.92. The first-order valence-electron chi connectivity index (χ1n) is 8.71. The second-order valence-corrected chi connectivity index (χ2v) is 7.25. The van der Waals surface area contributed by atoms with Gasteiger partial charge in [-0.15, -0.1) is 0 Å². The van der Waals surface area contributed by atoms with Gasteiger partial charge in [-0.25, -0.2) is 18.6 Å². The maximum atomic E-state index is 13.6. The Labute approximate surface area is 162 Å². The van der Waals surface area contributed by atoms with Crippen molar-refractivity contribution in [3.8, 4) is 22.9 Å². The van der Waals surface area contributed by atoms with Crippen molar-refractivity contribution in [1.82, 2.24) is 9.97 Å². The second-order valence-electron chi connectivity index (χ2n) is 7.25. The van der Waals surface area contributed by atoms with E-state index in [4.69, 9.17) is 20.9 Å². The van der Waals surface area contributed by atoms with E-state index in [0.717, 1.165) is 0 Å². The van der Waals surface area contributed by atoms with Gasteiger partial charge in [-0.05, 0) is 31.4 Å². The molecule has 152 valence electrons. The summed E-state index contributed by atoms with van der Waals surface area (Å²) in [6, 6.07) is 4.15. The van der Waals surface area contributed by atoms with Crippen LogP contribution in [-0.4, -0.2) is 28.2 Å². The van der Waals surface area contributed by atoms with E-state index in [9.17, 15) is 13.6 Å². The number of rotatable bonds is 8. The van der Waals surface area contributed by atoms with E-state index in [1.807, 2.05) is 20.8 Å². The average Bonchev–Trinajstić information content (AvgIpc) is 2.58. The minimum Gasteiger partial charge on any atom is -0.490 e. The van der Waals surface area contributed by atoms with E-state index < -0.39 is 18.1 Å². The third kappa shape index (κ3) is 6.12. The molecule has 0 aliphatic carbocycles. The number of nitrogens with zero attached hydrogens (tertiary/aromatic N) is 2. The SMILES string of the molecule is CC(C)CC(C)(N)COc1cnc(-c2ccnc(OC(N)=O)c2)cc1C(F)F. The summed E-state index contributed by atoms with van der Waals surface area (Å²) < 4.78 is 37.4. The van der Waals surface area contributed by atoms with Gasteiger partial charge in [-0.1, -0.05) is 13.8 Å². The molecule has 0 saturated heterocycles. The maximum Gasteiger partial charge on any atom is 0.411 e. The molecule has 0 bridgehead atoms. The van der Waals surface area contributed by atoms with Gasteiger partial charge in [0.1, 0.15) is 12.4 Å². The summed E-state index contributed by atoms with van der Waals surface area (Å²) in [5.41, 5.74) is 10.9. The van der Waals surface area contributed by atoms with Gasteiger partial charge < -0.3 is 20.9 Å². The number of carbonyl (C=O) groups is 1. The van der Waals surface area contributed by atoms with Gasteiger partial charge in [0.25, 0.3) is 6.43 Å². The largest absolute Gasteiger partial charge is 0.490 e. The smallest absolute Gasteiger partial charge is 0.411 e. The predicted octanol–water partition coefficient (Wildman–Crippen LogP) is 3.68. The molecule has 0 aliphatic heterocycles. The highest BCUT2D eigenvalue weighted by atomic mass is 19.3. The van der Waals surface area contributed by atoms with Crippen molar-refractivity contribution in [3.05, 3.63) is 36.2 Å². The third-order valence-electron chi connectivity index (χ3n) is 3.80. The zero-order chi connectivity index (χ0) is 20.9. The highest BCUT2D eigenvalue weighted by molar-refractivity contribution is 5.69. The first kappa shape index (κ1) is 21.5. The number of primary amides is 1. The Morgan fingerprint density at radius 1 is 1.29 bits per heavy atom. The summed E-state index contributed by atoms with van der Waals surface area (Å²) in [5, 5.41) is 0. The van der Waals surface area contributed by atoms with Gasteiger partial charge in [-0.2, -0.15) is 0 Å². The summed E-state index contributed by atoms with van der Waals surface area (Å²) in [7, 11) is 0. The van der Waals surface area contributed by atoms with Crippen molar-refractivity contribution in [3.63, 3.8) is 0 Å². The standard InChI is InChI=1S/C19H24F2N4O3/c1-11(2)8-19(3,23)10-27-15-9-25-14(7-13(15)17(20)21)12-4-5-24-16(6-12)28-18(22)26/h4-7,9,11,17H,8,10,23H2,1-3H3,(H2,22,26). The van der Waals surface area contributed by atoms with Crippen LogP contribution in [0.2, 0.25) is 0 Å². The van der Waals surface area contributed by atoms with Crippen LogP contribution in [0.15, 0.2) is 30.6 Å². The number of alkyl halides is 2. The first-order chi connectivity index (χ1) is 13.1. The summed E-state index contributed by atoms with van der Waals surface area (Å²) in [5.74, 6) is 0.261. The first-order valence-corrected chi connectivity index (χ1v) is 8.71. The summed E-state index contributed by atoms with van der Waals surface area (Å²) in [4.78, 5) is 18.8. The van der Waals surface area contributed by atoms with Crippen LogP contribution in [-0.2, 0) is 0 Å². The van der Waals surface area contributed by atoms with Crippen LogP contribution in [0.4, 0.5) is 13.6 Å². The molecule has 0 aliphatic rings. The zero-order valence-corrected chi connectivity index (χ0v) is 16.0. The van der Waals surface area contributed by atoms with Crippen LogP contribution in [0.1, 0.15) is 39.2 Å². The van der Waals surface area contributed by atoms with Gasteiger partial charge in [0.05, 0.1) is 17.5 Å². The van der Waals surface area contributed by atoms with E-state index in [1.165, 1.54) is 24.5 Å². The molecule has 2 aromatic heterocycles. The van der Waals surface area contributed by atoms with E-state index in [0.29, 0.717) is 17.9 Å². The number of hydrogen-bond donors (Lipinski definition) is 2. The molecule has 0 fully saturated rings. The summed E-state index contributed by atoms with van der Waals surface area (Å²) in [6.07, 6.45) is -0.526. The minimum atomic E-state index is -2.77. The molecule has 9 heteroatoms. The van der Waals surface area contributed by atoms with Crippen molar-refractivity contribution in [1.29, 1.82) is 0 Å². The van der Waals surface area contributed by atoms with Crippen LogP contribution in [0.5, 0.6) is 11.6 Å². The lowest BCUT2D eigenvalue weighted by molar-refractivity contribution is 0.139. The highest BCUT2D eigenvalue weighted by Crippen LogP contribution is 2.33. The van der Waals surface area contributed by atoms with Crippen molar-refractivity contribution in [2.75, 3.05) is 6.61 Å². The number of aromatic nitrogens is 2. The number of ether oxygens (including phenoxy) is 2. The minimum absolute atomic E-state index is 0.0261. The predicted molar refractivity (Wildman–Crippen MR) is 100 cm³/mol. The topological polar surface area (TPSA) is 113 Å². The highest BCUT2D eigenvalue weighted by Gasteiger charge is 2.23. The molecule has 2 heterocycles. The van der Waals surface area contributed by atoms with Crippen LogP contribution in [0.25, 0.3) is 11.3 Å². The van der Waals surface area contributed by atoms with Crippen molar-refractivity contribution < 1.29 is 23.0 Å². The monoisotopic (exact) mass is 394 g/mol. The lowest BCUT2D eigenvalue weighted by atomic mass is 9.93. The van der Waals surface area contributed by atoms with Gasteiger partial charge in [0, 0.05) is 23.4 Å². The maximum absolute atomic E-state index is 13.6. The zero-order valence-electron chi connectivity index (χ0n) is 16.0. The fourth-order valence-corrected chi connectivity index (χ4v) is 2.87. The van der Waals surface area contributed by atoms with E-state index >= 15 is 0 Å². The van der Waals surface area contributed by atoms with Crippen LogP contribution < -0.4 is 20.9 Å². The summed E-state index contributed by atoms with van der Waals surface area (Å²) >= 11 is 0. The Kier molecular flexibility index (Phi) is 6.85. The normalized spacial score (nSPS) is 13.4. The molecule has 0 saturated carbocycles. The molecule has 1 amide bonds. The van der Waals surface area contributed by atoms with E-state index in [2.05, 4.69) is 9.97 Å². The van der Waals surface area contributed by atoms with Crippen molar-refractivity contribution in [2.24, 2.45) is 17.4 Å². The number of amides is 1. The number of nitrogens with two attached hydrogens (primary N) is 2. The molecular formula is C19H24F2N4O3. The fraction of sp³-hybridized carbons (Fsp3) is 0.421. The Balaban J connectivity index is 2.27. The van der Waals surface area contributed by atoms with Gasteiger partial charge in [-0.3, -0.25) is 4.98 Å². The van der Waals surface area contributed by atoms with Crippen LogP contribution in [0.3, 0.4) is 0 Å². The Morgan fingerprint density at radius 2 is 2.00 bits per heavy atom. The molecule has 4 N–H and O–H groups in total. The summed E-state index contributed by atoms with van der Waals surface area (Å²) in [6.45, 7) is 5.94. The molecule has 1 unspecified atom stereocenters. The third-order valence-corrected chi connectivity index (χ3v) is 3.80. The molecule has 2 rings (SSSR count). The van der Waals surface area contributed by atoms with Crippen molar-refractivity contribution >= 4 is 6.09 Å². The molecule has 7 nitrogen and oxygen atoms in total. The molecule has 2 aromatic rings. The number of pyridine rings is 2. The Hall–Kier alpha value is -2.81. The lowest BCUT2D eigenvalue weighted by Crippen LogP contribution is -2.43. The Bertz CT molecular complexity index is 829. The van der Waals surface area contributed by atoms with Gasteiger partial charge >= 0.3 is 6.09 Å². The molecule has 0 aromatic carbocycles. The average molecular weight is 394 g/mol. The lowest BCUT2D eigenvalue weighted by Gasteiger charge is -2.27. The van der Waals surface area contributed by atoms with Gasteiger partial charge in [0.15, 0.2) is 0 Å². The quantitative estimate of drug-likeness (QED) is 0.706. The molecule has 1 atom stereocenters. The molecular weight excluding hydrogens is 370 g/mol. The van der Waals surface area contributed by atoms with E-state index in [1.54, 1.807) is 6.07 Å². The van der Waals surface area contributed by atoms with E-state index in [-0.39, 0.29) is 29.5 Å². The Morgan fingerprint density at radius 3 is 2.61 bits per heavy atom. The molecule has 0 spiro atoms. The number of carbonyl (C=O) groups excluding carboxylic acids is 1. The molecule has 28 heavy (non-hydrogen) atoms. The van der Waals surface area contributed by atoms with Crippen LogP contribution in [0, 0.1) is 5.92 Å². The van der Waals surface area contributed by atoms with Crippen molar-refractivity contribution in [2.45, 2.75) is 39.2 Å².